The van der Waals surface area contributed by atoms with E-state index < -0.39 is 0 Å². The third kappa shape index (κ3) is 5.79. The van der Waals surface area contributed by atoms with Gasteiger partial charge in [-0.2, -0.15) is 10.4 Å². The second-order valence-corrected chi connectivity index (χ2v) is 9.03. The van der Waals surface area contributed by atoms with E-state index in [2.05, 4.69) is 6.07 Å². The summed E-state index contributed by atoms with van der Waals surface area (Å²) in [7, 11) is 0. The number of piperidine rings is 1. The van der Waals surface area contributed by atoms with Crippen LogP contribution in [0.5, 0.6) is 5.75 Å². The van der Waals surface area contributed by atoms with E-state index in [0.29, 0.717) is 31.0 Å². The van der Waals surface area contributed by atoms with Crippen molar-refractivity contribution in [3.63, 3.8) is 0 Å². The maximum atomic E-state index is 13.1. The van der Waals surface area contributed by atoms with Crippen LogP contribution in [0.3, 0.4) is 0 Å². The van der Waals surface area contributed by atoms with Crippen LogP contribution in [0.1, 0.15) is 30.4 Å². The number of nitriles is 1. The molecule has 0 aliphatic carbocycles. The molecule has 1 aliphatic rings. The summed E-state index contributed by atoms with van der Waals surface area (Å²) in [6.07, 6.45) is 6.60. The number of hydrogen-bond donors (Lipinski definition) is 0. The standard InChI is InChI=1S/C31H28N4O2/c32-21-26(31(36)34-18-8-3-9-19-34)20-27-22-35(28-12-6-2-7-13-28)33-30(27)25-14-16-29(17-15-25)37-23-24-10-4-1-5-11-24/h1-2,4-7,10-17,20,22H,3,8-9,18-19,23H2/b26-20-. The quantitative estimate of drug-likeness (QED) is 0.235. The first kappa shape index (κ1) is 24.1. The van der Waals surface area contributed by atoms with Gasteiger partial charge in [0.1, 0.15) is 24.0 Å². The van der Waals surface area contributed by atoms with E-state index in [4.69, 9.17) is 9.84 Å². The van der Waals surface area contributed by atoms with Crippen LogP contribution in [-0.4, -0.2) is 33.7 Å². The number of ether oxygens (including phenoxy) is 1. The Bertz CT molecular complexity index is 1410. The Morgan fingerprint density at radius 3 is 2.27 bits per heavy atom. The molecule has 1 fully saturated rings. The lowest BCUT2D eigenvalue weighted by Crippen LogP contribution is -2.36. The largest absolute Gasteiger partial charge is 0.489 e. The molecule has 184 valence electrons. The zero-order valence-corrected chi connectivity index (χ0v) is 20.6. The number of amides is 1. The van der Waals surface area contributed by atoms with Crippen LogP contribution >= 0.6 is 0 Å². The van der Waals surface area contributed by atoms with Gasteiger partial charge in [0.15, 0.2) is 0 Å². The molecule has 5 rings (SSSR count). The number of rotatable bonds is 7. The van der Waals surface area contributed by atoms with Gasteiger partial charge in [-0.05, 0) is 67.3 Å². The van der Waals surface area contributed by atoms with Gasteiger partial charge in [0.05, 0.1) is 11.4 Å². The molecule has 0 unspecified atom stereocenters. The smallest absolute Gasteiger partial charge is 0.264 e. The van der Waals surface area contributed by atoms with Gasteiger partial charge in [0.2, 0.25) is 0 Å². The van der Waals surface area contributed by atoms with E-state index >= 15 is 0 Å². The van der Waals surface area contributed by atoms with Crippen molar-refractivity contribution in [1.82, 2.24) is 14.7 Å². The highest BCUT2D eigenvalue weighted by atomic mass is 16.5. The summed E-state index contributed by atoms with van der Waals surface area (Å²) >= 11 is 0. The Balaban J connectivity index is 1.45. The van der Waals surface area contributed by atoms with Gasteiger partial charge in [0, 0.05) is 30.4 Å². The van der Waals surface area contributed by atoms with E-state index in [9.17, 15) is 10.1 Å². The average Bonchev–Trinajstić information content (AvgIpc) is 3.40. The minimum Gasteiger partial charge on any atom is -0.489 e. The predicted octanol–water partition coefficient (Wildman–Crippen LogP) is 6.04. The fraction of sp³-hybridized carbons (Fsp3) is 0.194. The molecular weight excluding hydrogens is 460 g/mol. The van der Waals surface area contributed by atoms with Crippen molar-refractivity contribution in [2.45, 2.75) is 25.9 Å². The zero-order valence-electron chi connectivity index (χ0n) is 20.6. The second kappa shape index (κ2) is 11.4. The summed E-state index contributed by atoms with van der Waals surface area (Å²) < 4.78 is 7.72. The summed E-state index contributed by atoms with van der Waals surface area (Å²) in [5, 5.41) is 14.7. The summed E-state index contributed by atoms with van der Waals surface area (Å²) in [6, 6.07) is 29.7. The van der Waals surface area contributed by atoms with Crippen molar-refractivity contribution in [3.05, 3.63) is 108 Å². The van der Waals surface area contributed by atoms with Crippen LogP contribution in [0, 0.1) is 11.3 Å². The van der Waals surface area contributed by atoms with Gasteiger partial charge < -0.3 is 9.64 Å². The Hall–Kier alpha value is -4.63. The fourth-order valence-corrected chi connectivity index (χ4v) is 4.44. The van der Waals surface area contributed by atoms with Crippen LogP contribution in [-0.2, 0) is 11.4 Å². The van der Waals surface area contributed by atoms with Crippen LogP contribution in [0.15, 0.2) is 96.7 Å². The molecule has 3 aromatic carbocycles. The van der Waals surface area contributed by atoms with E-state index in [0.717, 1.165) is 41.8 Å². The molecular formula is C31H28N4O2. The molecule has 1 saturated heterocycles. The highest BCUT2D eigenvalue weighted by Crippen LogP contribution is 2.28. The number of likely N-dealkylation sites (tertiary alicyclic amines) is 1. The minimum atomic E-state index is -0.217. The first-order valence-electron chi connectivity index (χ1n) is 12.5. The molecule has 4 aromatic rings. The van der Waals surface area contributed by atoms with Crippen molar-refractivity contribution in [3.8, 4) is 28.8 Å². The van der Waals surface area contributed by atoms with E-state index in [1.54, 1.807) is 15.7 Å². The maximum Gasteiger partial charge on any atom is 0.264 e. The lowest BCUT2D eigenvalue weighted by molar-refractivity contribution is -0.127. The topological polar surface area (TPSA) is 71.1 Å². The van der Waals surface area contributed by atoms with Crippen LogP contribution in [0.2, 0.25) is 0 Å². The number of aromatic nitrogens is 2. The van der Waals surface area contributed by atoms with Crippen LogP contribution in [0.4, 0.5) is 0 Å². The number of carbonyl (C=O) groups is 1. The third-order valence-electron chi connectivity index (χ3n) is 6.43. The lowest BCUT2D eigenvalue weighted by Gasteiger charge is -2.26. The van der Waals surface area contributed by atoms with Gasteiger partial charge in [0.25, 0.3) is 5.91 Å². The van der Waals surface area contributed by atoms with Gasteiger partial charge in [-0.1, -0.05) is 48.5 Å². The number of carbonyl (C=O) groups excluding carboxylic acids is 1. The number of nitrogens with zero attached hydrogens (tertiary/aromatic N) is 4. The molecule has 0 bridgehead atoms. The molecule has 0 radical (unpaired) electrons. The summed E-state index contributed by atoms with van der Waals surface area (Å²) in [5.41, 5.74) is 4.39. The molecule has 2 heterocycles. The SMILES string of the molecule is N#C/C(=C/c1cn(-c2ccccc2)nc1-c1ccc(OCc2ccccc2)cc1)C(=O)N1CCCCC1. The van der Waals surface area contributed by atoms with E-state index in [1.165, 1.54) is 0 Å². The number of benzene rings is 3. The van der Waals surface area contributed by atoms with Crippen LogP contribution < -0.4 is 4.74 Å². The molecule has 6 nitrogen and oxygen atoms in total. The summed E-state index contributed by atoms with van der Waals surface area (Å²) in [4.78, 5) is 14.9. The molecule has 0 saturated carbocycles. The number of para-hydroxylation sites is 1. The van der Waals surface area contributed by atoms with Gasteiger partial charge >= 0.3 is 0 Å². The molecule has 6 heteroatoms. The van der Waals surface area contributed by atoms with E-state index in [-0.39, 0.29) is 11.5 Å². The lowest BCUT2D eigenvalue weighted by atomic mass is 10.0. The minimum absolute atomic E-state index is 0.124. The summed E-state index contributed by atoms with van der Waals surface area (Å²) in [5.74, 6) is 0.537. The van der Waals surface area contributed by atoms with Crippen molar-refractivity contribution in [2.24, 2.45) is 0 Å². The predicted molar refractivity (Wildman–Crippen MR) is 144 cm³/mol. The normalized spacial score (nSPS) is 13.7. The summed E-state index contributed by atoms with van der Waals surface area (Å²) in [6.45, 7) is 1.87. The second-order valence-electron chi connectivity index (χ2n) is 9.03. The Morgan fingerprint density at radius 2 is 1.59 bits per heavy atom. The highest BCUT2D eigenvalue weighted by molar-refractivity contribution is 6.02. The molecule has 0 spiro atoms. The first-order chi connectivity index (χ1) is 18.2. The molecule has 1 aromatic heterocycles. The van der Waals surface area contributed by atoms with E-state index in [1.807, 2.05) is 91.1 Å². The molecule has 0 N–H and O–H groups in total. The molecule has 0 atom stereocenters. The van der Waals surface area contributed by atoms with Crippen molar-refractivity contribution < 1.29 is 9.53 Å². The fourth-order valence-electron chi connectivity index (χ4n) is 4.44. The van der Waals surface area contributed by atoms with Crippen molar-refractivity contribution >= 4 is 12.0 Å². The monoisotopic (exact) mass is 488 g/mol. The third-order valence-corrected chi connectivity index (χ3v) is 6.43. The van der Waals surface area contributed by atoms with Crippen molar-refractivity contribution in [2.75, 3.05) is 13.1 Å². The first-order valence-corrected chi connectivity index (χ1v) is 12.5. The Labute approximate surface area is 217 Å². The maximum absolute atomic E-state index is 13.1. The number of hydrogen-bond acceptors (Lipinski definition) is 4. The van der Waals surface area contributed by atoms with Gasteiger partial charge in [-0.15, -0.1) is 0 Å². The molecule has 1 amide bonds. The molecule has 37 heavy (non-hydrogen) atoms. The van der Waals surface area contributed by atoms with Gasteiger partial charge in [-0.3, -0.25) is 4.79 Å². The van der Waals surface area contributed by atoms with Crippen LogP contribution in [0.25, 0.3) is 23.0 Å². The highest BCUT2D eigenvalue weighted by Gasteiger charge is 2.21. The Kier molecular flexibility index (Phi) is 7.42. The van der Waals surface area contributed by atoms with Gasteiger partial charge in [-0.25, -0.2) is 4.68 Å². The molecule has 1 aliphatic heterocycles. The van der Waals surface area contributed by atoms with Crippen molar-refractivity contribution in [1.29, 1.82) is 5.26 Å². The Morgan fingerprint density at radius 1 is 0.919 bits per heavy atom. The average molecular weight is 489 g/mol. The zero-order chi connectivity index (χ0) is 25.5.